The quantitative estimate of drug-likeness (QED) is 0.477. The van der Waals surface area contributed by atoms with Crippen molar-refractivity contribution in [3.05, 3.63) is 54.1 Å². The fraction of sp³-hybridized carbons (Fsp3) is 0.583. The Balaban J connectivity index is 0. The van der Waals surface area contributed by atoms with Crippen LogP contribution in [0.3, 0.4) is 0 Å². The van der Waals surface area contributed by atoms with Crippen molar-refractivity contribution in [2.75, 3.05) is 0 Å². The molecule has 0 nitrogen and oxygen atoms in total. The van der Waals surface area contributed by atoms with Gasteiger partial charge in [-0.3, -0.25) is 0 Å². The average molecular weight is 331 g/mol. The van der Waals surface area contributed by atoms with E-state index in [2.05, 4.69) is 58.2 Å². The highest BCUT2D eigenvalue weighted by atomic mass is 14.2. The summed E-state index contributed by atoms with van der Waals surface area (Å²) in [6.45, 7) is 24.5. The summed E-state index contributed by atoms with van der Waals surface area (Å²) in [5.74, 6) is 1.78. The Morgan fingerprint density at radius 1 is 1.00 bits per heavy atom. The Labute approximate surface area is 153 Å². The number of aryl methyl sites for hydroxylation is 1. The van der Waals surface area contributed by atoms with Gasteiger partial charge in [0.2, 0.25) is 0 Å². The first-order valence-electron chi connectivity index (χ1n) is 9.78. The second-order valence-corrected chi connectivity index (χ2v) is 6.46. The molecule has 0 saturated heterocycles. The first kappa shape index (κ1) is 24.9. The summed E-state index contributed by atoms with van der Waals surface area (Å²) in [6, 6.07) is 8.36. The predicted octanol–water partition coefficient (Wildman–Crippen LogP) is 8.47. The van der Waals surface area contributed by atoms with Crippen LogP contribution in [0.25, 0.3) is 5.57 Å². The van der Waals surface area contributed by atoms with Gasteiger partial charge in [-0.15, -0.1) is 0 Å². The Bertz CT molecular complexity index is 453. The molecule has 1 aromatic carbocycles. The van der Waals surface area contributed by atoms with Gasteiger partial charge in [0, 0.05) is 0 Å². The molecule has 0 heteroatoms. The van der Waals surface area contributed by atoms with Crippen LogP contribution in [0.15, 0.2) is 43.0 Å². The maximum atomic E-state index is 4.01. The van der Waals surface area contributed by atoms with Crippen LogP contribution in [0.1, 0.15) is 85.3 Å². The maximum Gasteiger partial charge on any atom is -0.0206 e. The van der Waals surface area contributed by atoms with Gasteiger partial charge in [-0.05, 0) is 51.0 Å². The molecule has 138 valence electrons. The summed E-state index contributed by atoms with van der Waals surface area (Å²) < 4.78 is 0. The summed E-state index contributed by atoms with van der Waals surface area (Å²) in [6.07, 6.45) is 5.62. The van der Waals surface area contributed by atoms with E-state index >= 15 is 0 Å². The topological polar surface area (TPSA) is 0 Å². The van der Waals surface area contributed by atoms with E-state index in [9.17, 15) is 0 Å². The lowest BCUT2D eigenvalue weighted by Crippen LogP contribution is -2.13. The standard InChI is InChI=1S/C10H18.C10H12.2C2H6/c2*1-8(2)10-6-4-5-9(3)7-10;2*1-2/h9-10H,1,4-7H2,2-3H3;4-7H,1H2,2-3H3;2*1-2H3/t9-,10+;;;/m0.../s1. The SMILES string of the molecule is C=C(C)[C@@H]1CCC[C@H](C)C1.C=C(C)c1cccc(C)c1.CC.CC. The van der Waals surface area contributed by atoms with Crippen molar-refractivity contribution < 1.29 is 0 Å². The number of allylic oxidation sites excluding steroid dienone is 2. The molecule has 2 atom stereocenters. The van der Waals surface area contributed by atoms with Gasteiger partial charge >= 0.3 is 0 Å². The summed E-state index contributed by atoms with van der Waals surface area (Å²) in [5.41, 5.74) is 5.05. The molecule has 2 rings (SSSR count). The van der Waals surface area contributed by atoms with Crippen molar-refractivity contribution in [1.29, 1.82) is 0 Å². The first-order chi connectivity index (χ1) is 11.4. The molecule has 0 unspecified atom stereocenters. The summed E-state index contributed by atoms with van der Waals surface area (Å²) >= 11 is 0. The Morgan fingerprint density at radius 2 is 1.58 bits per heavy atom. The van der Waals surface area contributed by atoms with E-state index < -0.39 is 0 Å². The van der Waals surface area contributed by atoms with E-state index in [0.717, 1.165) is 17.4 Å². The van der Waals surface area contributed by atoms with E-state index in [1.54, 1.807) is 0 Å². The van der Waals surface area contributed by atoms with E-state index in [4.69, 9.17) is 0 Å². The summed E-state index contributed by atoms with van der Waals surface area (Å²) in [7, 11) is 0. The zero-order valence-corrected chi connectivity index (χ0v) is 17.7. The van der Waals surface area contributed by atoms with Crippen molar-refractivity contribution in [3.8, 4) is 0 Å². The van der Waals surface area contributed by atoms with Gasteiger partial charge in [-0.25, -0.2) is 0 Å². The van der Waals surface area contributed by atoms with Gasteiger partial charge in [0.1, 0.15) is 0 Å². The molecule has 1 aliphatic rings. The van der Waals surface area contributed by atoms with E-state index in [1.807, 2.05) is 34.6 Å². The molecule has 1 saturated carbocycles. The van der Waals surface area contributed by atoms with Crippen molar-refractivity contribution in [1.82, 2.24) is 0 Å². The normalized spacial score (nSPS) is 18.5. The van der Waals surface area contributed by atoms with Crippen molar-refractivity contribution in [2.24, 2.45) is 11.8 Å². The summed E-state index contributed by atoms with van der Waals surface area (Å²) in [5, 5.41) is 0. The third-order valence-corrected chi connectivity index (χ3v) is 4.14. The van der Waals surface area contributed by atoms with Gasteiger partial charge in [-0.2, -0.15) is 0 Å². The molecule has 0 N–H and O–H groups in total. The second-order valence-electron chi connectivity index (χ2n) is 6.46. The highest BCUT2D eigenvalue weighted by Crippen LogP contribution is 2.32. The van der Waals surface area contributed by atoms with Crippen LogP contribution >= 0.6 is 0 Å². The molecule has 24 heavy (non-hydrogen) atoms. The molecule has 0 amide bonds. The zero-order chi connectivity index (χ0) is 19.1. The fourth-order valence-electron chi connectivity index (χ4n) is 2.79. The second kappa shape index (κ2) is 15.2. The molecular weight excluding hydrogens is 288 g/mol. The van der Waals surface area contributed by atoms with Crippen LogP contribution in [-0.4, -0.2) is 0 Å². The Morgan fingerprint density at radius 3 is 1.92 bits per heavy atom. The molecule has 1 aromatic rings. The smallest absolute Gasteiger partial charge is 0.0206 e. The molecule has 0 spiro atoms. The molecule has 0 aliphatic heterocycles. The molecule has 1 aliphatic carbocycles. The molecule has 0 radical (unpaired) electrons. The molecule has 1 fully saturated rings. The van der Waals surface area contributed by atoms with Gasteiger partial charge in [0.15, 0.2) is 0 Å². The lowest BCUT2D eigenvalue weighted by molar-refractivity contribution is 0.315. The van der Waals surface area contributed by atoms with Gasteiger partial charge < -0.3 is 0 Å². The van der Waals surface area contributed by atoms with E-state index in [0.29, 0.717) is 0 Å². The van der Waals surface area contributed by atoms with Crippen molar-refractivity contribution >= 4 is 5.57 Å². The fourth-order valence-corrected chi connectivity index (χ4v) is 2.79. The van der Waals surface area contributed by atoms with Gasteiger partial charge in [-0.1, -0.05) is 102 Å². The maximum absolute atomic E-state index is 4.01. The predicted molar refractivity (Wildman–Crippen MR) is 115 cm³/mol. The molecule has 0 bridgehead atoms. The van der Waals surface area contributed by atoms with E-state index in [-0.39, 0.29) is 0 Å². The third kappa shape index (κ3) is 11.3. The lowest BCUT2D eigenvalue weighted by atomic mass is 9.79. The number of benzene rings is 1. The van der Waals surface area contributed by atoms with Crippen LogP contribution in [0, 0.1) is 18.8 Å². The van der Waals surface area contributed by atoms with Crippen molar-refractivity contribution in [2.45, 2.75) is 81.1 Å². The number of hydrogen-bond acceptors (Lipinski definition) is 0. The molecule has 0 heterocycles. The molecule has 0 aromatic heterocycles. The van der Waals surface area contributed by atoms with Crippen LogP contribution in [0.2, 0.25) is 0 Å². The third-order valence-electron chi connectivity index (χ3n) is 4.14. The zero-order valence-electron chi connectivity index (χ0n) is 17.7. The minimum atomic E-state index is 0.837. The minimum Gasteiger partial charge on any atom is -0.0999 e. The monoisotopic (exact) mass is 330 g/mol. The Kier molecular flexibility index (Phi) is 15.8. The van der Waals surface area contributed by atoms with Crippen LogP contribution in [0.5, 0.6) is 0 Å². The van der Waals surface area contributed by atoms with Crippen LogP contribution in [-0.2, 0) is 0 Å². The average Bonchev–Trinajstić information content (AvgIpc) is 2.59. The lowest BCUT2D eigenvalue weighted by Gasteiger charge is -2.26. The first-order valence-corrected chi connectivity index (χ1v) is 9.78. The Hall–Kier alpha value is -1.30. The summed E-state index contributed by atoms with van der Waals surface area (Å²) in [4.78, 5) is 0. The largest absolute Gasteiger partial charge is 0.0999 e. The number of hydrogen-bond donors (Lipinski definition) is 0. The number of rotatable bonds is 2. The van der Waals surface area contributed by atoms with Crippen LogP contribution in [0.4, 0.5) is 0 Å². The van der Waals surface area contributed by atoms with Crippen LogP contribution < -0.4 is 0 Å². The highest BCUT2D eigenvalue weighted by Gasteiger charge is 2.18. The van der Waals surface area contributed by atoms with Crippen molar-refractivity contribution in [3.63, 3.8) is 0 Å². The molecular formula is C24H42. The highest BCUT2D eigenvalue weighted by molar-refractivity contribution is 5.61. The van der Waals surface area contributed by atoms with E-state index in [1.165, 1.54) is 42.4 Å². The van der Waals surface area contributed by atoms with Gasteiger partial charge in [0.05, 0.1) is 0 Å². The minimum absolute atomic E-state index is 0.837. The van der Waals surface area contributed by atoms with Gasteiger partial charge in [0.25, 0.3) is 0 Å².